The summed E-state index contributed by atoms with van der Waals surface area (Å²) in [6, 6.07) is 0. The number of rotatable bonds is 10. The third-order valence-corrected chi connectivity index (χ3v) is 3.14. The van der Waals surface area contributed by atoms with Crippen LogP contribution < -0.4 is 10.6 Å². The SMILES string of the molecule is CCCCCCNC(=NCCCSC)NCC. The molecule has 0 unspecified atom stereocenters. The van der Waals surface area contributed by atoms with Crippen LogP contribution in [-0.2, 0) is 0 Å². The molecular formula is C13H29N3S. The third kappa shape index (κ3) is 11.9. The van der Waals surface area contributed by atoms with Crippen molar-refractivity contribution in [1.82, 2.24) is 10.6 Å². The van der Waals surface area contributed by atoms with Gasteiger partial charge in [-0.05, 0) is 31.8 Å². The molecule has 0 aliphatic rings. The van der Waals surface area contributed by atoms with Gasteiger partial charge in [-0.1, -0.05) is 26.2 Å². The van der Waals surface area contributed by atoms with Crippen molar-refractivity contribution >= 4 is 17.7 Å². The van der Waals surface area contributed by atoms with E-state index < -0.39 is 0 Å². The Hall–Kier alpha value is -0.380. The first-order chi connectivity index (χ1) is 8.35. The minimum Gasteiger partial charge on any atom is -0.357 e. The summed E-state index contributed by atoms with van der Waals surface area (Å²) in [6.07, 6.45) is 8.48. The molecule has 0 radical (unpaired) electrons. The molecule has 4 heteroatoms. The quantitative estimate of drug-likeness (QED) is 0.360. The zero-order valence-corrected chi connectivity index (χ0v) is 12.5. The van der Waals surface area contributed by atoms with Crippen LogP contribution in [-0.4, -0.2) is 37.6 Å². The fourth-order valence-electron chi connectivity index (χ4n) is 1.50. The topological polar surface area (TPSA) is 36.4 Å². The fraction of sp³-hybridized carbons (Fsp3) is 0.923. The molecule has 0 atom stereocenters. The molecule has 102 valence electrons. The van der Waals surface area contributed by atoms with Gasteiger partial charge in [0.15, 0.2) is 5.96 Å². The Bertz CT molecular complexity index is 184. The third-order valence-electron chi connectivity index (χ3n) is 2.44. The van der Waals surface area contributed by atoms with E-state index in [1.54, 1.807) is 0 Å². The molecule has 17 heavy (non-hydrogen) atoms. The second-order valence-electron chi connectivity index (χ2n) is 4.09. The molecule has 0 spiro atoms. The van der Waals surface area contributed by atoms with Gasteiger partial charge in [0.1, 0.15) is 0 Å². The lowest BCUT2D eigenvalue weighted by atomic mass is 10.2. The molecule has 0 fully saturated rings. The second-order valence-corrected chi connectivity index (χ2v) is 5.08. The minimum atomic E-state index is 0.922. The lowest BCUT2D eigenvalue weighted by molar-refractivity contribution is 0.647. The van der Waals surface area contributed by atoms with Gasteiger partial charge in [-0.2, -0.15) is 11.8 Å². The maximum atomic E-state index is 4.55. The number of nitrogens with one attached hydrogen (secondary N) is 2. The van der Waals surface area contributed by atoms with Crippen molar-refractivity contribution in [3.8, 4) is 0 Å². The van der Waals surface area contributed by atoms with E-state index in [2.05, 4.69) is 35.7 Å². The predicted molar refractivity (Wildman–Crippen MR) is 81.1 cm³/mol. The summed E-state index contributed by atoms with van der Waals surface area (Å²) in [4.78, 5) is 4.55. The average molecular weight is 259 g/mol. The highest BCUT2D eigenvalue weighted by Crippen LogP contribution is 1.97. The number of unbranched alkanes of at least 4 members (excludes halogenated alkanes) is 3. The Morgan fingerprint density at radius 1 is 1.06 bits per heavy atom. The number of hydrogen-bond acceptors (Lipinski definition) is 2. The lowest BCUT2D eigenvalue weighted by Gasteiger charge is -2.10. The summed E-state index contributed by atoms with van der Waals surface area (Å²) in [6.45, 7) is 7.24. The Kier molecular flexibility index (Phi) is 13.4. The van der Waals surface area contributed by atoms with Crippen LogP contribution in [0.1, 0.15) is 46.0 Å². The molecule has 0 amide bonds. The average Bonchev–Trinajstić information content (AvgIpc) is 2.34. The highest BCUT2D eigenvalue weighted by molar-refractivity contribution is 7.98. The molecule has 2 N–H and O–H groups in total. The lowest BCUT2D eigenvalue weighted by Crippen LogP contribution is -2.37. The summed E-state index contributed by atoms with van der Waals surface area (Å²) in [5.41, 5.74) is 0. The van der Waals surface area contributed by atoms with Crippen molar-refractivity contribution in [1.29, 1.82) is 0 Å². The highest BCUT2D eigenvalue weighted by atomic mass is 32.2. The van der Waals surface area contributed by atoms with Crippen molar-refractivity contribution in [2.24, 2.45) is 4.99 Å². The first-order valence-electron chi connectivity index (χ1n) is 6.86. The van der Waals surface area contributed by atoms with Gasteiger partial charge in [-0.3, -0.25) is 4.99 Å². The molecule has 0 aliphatic carbocycles. The van der Waals surface area contributed by atoms with E-state index in [-0.39, 0.29) is 0 Å². The van der Waals surface area contributed by atoms with Crippen LogP contribution >= 0.6 is 11.8 Å². The van der Waals surface area contributed by atoms with E-state index >= 15 is 0 Å². The maximum absolute atomic E-state index is 4.55. The molecule has 0 aromatic carbocycles. The van der Waals surface area contributed by atoms with Gasteiger partial charge in [-0.15, -0.1) is 0 Å². The highest BCUT2D eigenvalue weighted by Gasteiger charge is 1.95. The van der Waals surface area contributed by atoms with Crippen molar-refractivity contribution in [3.05, 3.63) is 0 Å². The molecular weight excluding hydrogens is 230 g/mol. The van der Waals surface area contributed by atoms with Crippen molar-refractivity contribution in [2.45, 2.75) is 46.0 Å². The Morgan fingerprint density at radius 2 is 1.88 bits per heavy atom. The zero-order valence-electron chi connectivity index (χ0n) is 11.7. The van der Waals surface area contributed by atoms with Crippen molar-refractivity contribution < 1.29 is 0 Å². The van der Waals surface area contributed by atoms with E-state index in [1.807, 2.05) is 11.8 Å². The molecule has 3 nitrogen and oxygen atoms in total. The van der Waals surface area contributed by atoms with Crippen LogP contribution in [0.4, 0.5) is 0 Å². The van der Waals surface area contributed by atoms with Crippen LogP contribution in [0.25, 0.3) is 0 Å². The number of nitrogens with zero attached hydrogens (tertiary/aromatic N) is 1. The largest absolute Gasteiger partial charge is 0.357 e. The van der Waals surface area contributed by atoms with Gasteiger partial charge in [-0.25, -0.2) is 0 Å². The molecule has 0 heterocycles. The standard InChI is InChI=1S/C13H29N3S/c1-4-6-7-8-10-15-13(14-5-2)16-11-9-12-17-3/h4-12H2,1-3H3,(H2,14,15,16). The van der Waals surface area contributed by atoms with Gasteiger partial charge in [0.05, 0.1) is 0 Å². The van der Waals surface area contributed by atoms with Gasteiger partial charge >= 0.3 is 0 Å². The Morgan fingerprint density at radius 3 is 2.53 bits per heavy atom. The predicted octanol–water partition coefficient (Wildman–Crippen LogP) is 2.87. The van der Waals surface area contributed by atoms with Crippen LogP contribution in [0.5, 0.6) is 0 Å². The summed E-state index contributed by atoms with van der Waals surface area (Å²) < 4.78 is 0. The van der Waals surface area contributed by atoms with E-state index in [0.29, 0.717) is 0 Å². The summed E-state index contributed by atoms with van der Waals surface area (Å²) in [7, 11) is 0. The molecule has 0 saturated carbocycles. The van der Waals surface area contributed by atoms with Crippen molar-refractivity contribution in [3.63, 3.8) is 0 Å². The maximum Gasteiger partial charge on any atom is 0.191 e. The molecule has 0 aliphatic heterocycles. The molecule has 0 aromatic heterocycles. The van der Waals surface area contributed by atoms with Crippen LogP contribution in [0, 0.1) is 0 Å². The number of aliphatic imine (C=N–C) groups is 1. The zero-order chi connectivity index (χ0) is 12.8. The van der Waals surface area contributed by atoms with Crippen LogP contribution in [0.3, 0.4) is 0 Å². The summed E-state index contributed by atoms with van der Waals surface area (Å²) in [5, 5.41) is 6.67. The summed E-state index contributed by atoms with van der Waals surface area (Å²) in [5.74, 6) is 2.17. The first kappa shape index (κ1) is 16.6. The Balaban J connectivity index is 3.65. The molecule has 0 aromatic rings. The van der Waals surface area contributed by atoms with E-state index in [9.17, 15) is 0 Å². The number of guanidine groups is 1. The van der Waals surface area contributed by atoms with Gasteiger partial charge < -0.3 is 10.6 Å². The Labute approximate surface area is 111 Å². The van der Waals surface area contributed by atoms with E-state index in [0.717, 1.165) is 32.0 Å². The second kappa shape index (κ2) is 13.7. The van der Waals surface area contributed by atoms with Crippen LogP contribution in [0.15, 0.2) is 4.99 Å². The van der Waals surface area contributed by atoms with E-state index in [1.165, 1.54) is 31.4 Å². The van der Waals surface area contributed by atoms with Crippen molar-refractivity contribution in [2.75, 3.05) is 31.6 Å². The smallest absolute Gasteiger partial charge is 0.191 e. The fourth-order valence-corrected chi connectivity index (χ4v) is 1.92. The van der Waals surface area contributed by atoms with Gasteiger partial charge in [0.2, 0.25) is 0 Å². The van der Waals surface area contributed by atoms with E-state index in [4.69, 9.17) is 0 Å². The number of thioether (sulfide) groups is 1. The number of hydrogen-bond donors (Lipinski definition) is 2. The molecule has 0 bridgehead atoms. The summed E-state index contributed by atoms with van der Waals surface area (Å²) >= 11 is 1.88. The minimum absolute atomic E-state index is 0.922. The molecule has 0 rings (SSSR count). The van der Waals surface area contributed by atoms with Gasteiger partial charge in [0, 0.05) is 19.6 Å². The van der Waals surface area contributed by atoms with Crippen LogP contribution in [0.2, 0.25) is 0 Å². The monoisotopic (exact) mass is 259 g/mol. The first-order valence-corrected chi connectivity index (χ1v) is 8.25. The molecule has 0 saturated heterocycles. The normalized spacial score (nSPS) is 11.6. The van der Waals surface area contributed by atoms with Gasteiger partial charge in [0.25, 0.3) is 0 Å².